The highest BCUT2D eigenvalue weighted by molar-refractivity contribution is 5.92. The lowest BCUT2D eigenvalue weighted by Crippen LogP contribution is -2.39. The molecule has 0 saturated carbocycles. The van der Waals surface area contributed by atoms with Gasteiger partial charge in [0.1, 0.15) is 5.75 Å². The maximum absolute atomic E-state index is 12.5. The summed E-state index contributed by atoms with van der Waals surface area (Å²) in [5, 5.41) is 2.94. The molecule has 0 saturated heterocycles. The van der Waals surface area contributed by atoms with Gasteiger partial charge in [-0.25, -0.2) is 4.79 Å². The van der Waals surface area contributed by atoms with Gasteiger partial charge in [-0.3, -0.25) is 4.79 Å². The number of ether oxygens (including phenoxy) is 2. The fourth-order valence-electron chi connectivity index (χ4n) is 3.25. The third-order valence-electron chi connectivity index (χ3n) is 4.65. The lowest BCUT2D eigenvalue weighted by Gasteiger charge is -2.27. The molecule has 0 unspecified atom stereocenters. The van der Waals surface area contributed by atoms with E-state index >= 15 is 0 Å². The molecule has 5 nitrogen and oxygen atoms in total. The molecule has 0 fully saturated rings. The Kier molecular flexibility index (Phi) is 6.23. The largest absolute Gasteiger partial charge is 0.449 e. The zero-order chi connectivity index (χ0) is 20.1. The molecule has 0 spiro atoms. The highest BCUT2D eigenvalue weighted by Gasteiger charge is 2.25. The average Bonchev–Trinajstić information content (AvgIpc) is 2.68. The van der Waals surface area contributed by atoms with Crippen LogP contribution < -0.4 is 10.1 Å². The molecular formula is C21H21F2NO4. The second kappa shape index (κ2) is 8.82. The lowest BCUT2D eigenvalue weighted by atomic mass is 9.87. The van der Waals surface area contributed by atoms with E-state index in [1.807, 2.05) is 18.2 Å². The number of halogens is 2. The second-order valence-corrected chi connectivity index (χ2v) is 6.60. The Morgan fingerprint density at radius 1 is 1.11 bits per heavy atom. The number of amides is 1. The predicted molar refractivity (Wildman–Crippen MR) is 98.2 cm³/mol. The molecule has 1 aliphatic rings. The Morgan fingerprint density at radius 3 is 2.54 bits per heavy atom. The van der Waals surface area contributed by atoms with Crippen molar-refractivity contribution >= 4 is 11.9 Å². The Morgan fingerprint density at radius 2 is 1.82 bits per heavy atom. The van der Waals surface area contributed by atoms with Gasteiger partial charge in [0.2, 0.25) is 0 Å². The topological polar surface area (TPSA) is 64.6 Å². The molecule has 2 aromatic carbocycles. The number of carbonyl (C=O) groups excluding carboxylic acids is 2. The Balaban J connectivity index is 1.58. The minimum Gasteiger partial charge on any atom is -0.449 e. The number of aryl methyl sites for hydroxylation is 1. The average molecular weight is 389 g/mol. The van der Waals surface area contributed by atoms with Gasteiger partial charge in [0, 0.05) is 0 Å². The standard InChI is InChI=1S/C21H21F2NO4/c1-13(27-20(26)15-9-11-16(12-10-15)28-21(22)23)19(25)24-18-8-4-6-14-5-2-3-7-17(14)18/h2-3,5,7,9-13,18,21H,4,6,8H2,1H3,(H,24,25)/t13-,18-/m0/s1. The molecular weight excluding hydrogens is 368 g/mol. The first-order chi connectivity index (χ1) is 13.4. The van der Waals surface area contributed by atoms with Gasteiger partial charge in [-0.05, 0) is 61.6 Å². The van der Waals surface area contributed by atoms with Crippen molar-refractivity contribution in [3.63, 3.8) is 0 Å². The van der Waals surface area contributed by atoms with E-state index in [1.165, 1.54) is 36.8 Å². The molecule has 0 heterocycles. The quantitative estimate of drug-likeness (QED) is 0.758. The van der Waals surface area contributed by atoms with E-state index in [-0.39, 0.29) is 23.3 Å². The molecule has 2 atom stereocenters. The number of benzene rings is 2. The van der Waals surface area contributed by atoms with Gasteiger partial charge < -0.3 is 14.8 Å². The molecule has 0 radical (unpaired) electrons. The highest BCUT2D eigenvalue weighted by Crippen LogP contribution is 2.29. The van der Waals surface area contributed by atoms with E-state index in [0.717, 1.165) is 24.8 Å². The van der Waals surface area contributed by atoms with Crippen LogP contribution in [0.4, 0.5) is 8.78 Å². The SMILES string of the molecule is C[C@H](OC(=O)c1ccc(OC(F)F)cc1)C(=O)N[C@H]1CCCc2ccccc21. The molecule has 0 aromatic heterocycles. The summed E-state index contributed by atoms with van der Waals surface area (Å²) in [4.78, 5) is 24.7. The van der Waals surface area contributed by atoms with E-state index in [9.17, 15) is 18.4 Å². The molecule has 28 heavy (non-hydrogen) atoms. The third kappa shape index (κ3) is 4.85. The minimum atomic E-state index is -2.94. The molecule has 1 N–H and O–H groups in total. The van der Waals surface area contributed by atoms with Crippen LogP contribution in [0.3, 0.4) is 0 Å². The summed E-state index contributed by atoms with van der Waals surface area (Å²) in [6, 6.07) is 13.0. The number of hydrogen-bond acceptors (Lipinski definition) is 4. The first kappa shape index (κ1) is 19.8. The number of rotatable bonds is 6. The van der Waals surface area contributed by atoms with Crippen LogP contribution in [-0.4, -0.2) is 24.6 Å². The first-order valence-corrected chi connectivity index (χ1v) is 9.08. The van der Waals surface area contributed by atoms with Gasteiger partial charge in [-0.15, -0.1) is 0 Å². The number of carbonyl (C=O) groups is 2. The maximum atomic E-state index is 12.5. The number of hydrogen-bond donors (Lipinski definition) is 1. The van der Waals surface area contributed by atoms with E-state index in [0.29, 0.717) is 0 Å². The van der Waals surface area contributed by atoms with Crippen LogP contribution in [0.25, 0.3) is 0 Å². The monoisotopic (exact) mass is 389 g/mol. The molecule has 3 rings (SSSR count). The van der Waals surface area contributed by atoms with Crippen molar-refractivity contribution in [3.8, 4) is 5.75 Å². The smallest absolute Gasteiger partial charge is 0.387 e. The number of nitrogens with one attached hydrogen (secondary N) is 1. The van der Waals surface area contributed by atoms with Crippen molar-refractivity contribution in [1.29, 1.82) is 0 Å². The molecule has 0 bridgehead atoms. The number of esters is 1. The summed E-state index contributed by atoms with van der Waals surface area (Å²) in [5.74, 6) is -1.16. The summed E-state index contributed by atoms with van der Waals surface area (Å²) >= 11 is 0. The fourth-order valence-corrected chi connectivity index (χ4v) is 3.25. The van der Waals surface area contributed by atoms with Crippen LogP contribution in [0.1, 0.15) is 47.3 Å². The van der Waals surface area contributed by atoms with Gasteiger partial charge in [-0.2, -0.15) is 8.78 Å². The van der Waals surface area contributed by atoms with Crippen LogP contribution in [0.15, 0.2) is 48.5 Å². The summed E-state index contributed by atoms with van der Waals surface area (Å²) in [7, 11) is 0. The van der Waals surface area contributed by atoms with Crippen molar-refractivity contribution in [1.82, 2.24) is 5.32 Å². The van der Waals surface area contributed by atoms with Crippen molar-refractivity contribution in [3.05, 3.63) is 65.2 Å². The number of fused-ring (bicyclic) bond motifs is 1. The molecule has 148 valence electrons. The van der Waals surface area contributed by atoms with E-state index in [4.69, 9.17) is 4.74 Å². The Bertz CT molecular complexity index is 839. The van der Waals surface area contributed by atoms with Gasteiger partial charge in [0.25, 0.3) is 5.91 Å². The third-order valence-corrected chi connectivity index (χ3v) is 4.65. The summed E-state index contributed by atoms with van der Waals surface area (Å²) in [6.45, 7) is -1.44. The maximum Gasteiger partial charge on any atom is 0.387 e. The first-order valence-electron chi connectivity index (χ1n) is 9.08. The molecule has 7 heteroatoms. The Labute approximate surface area is 161 Å². The van der Waals surface area contributed by atoms with Crippen LogP contribution in [-0.2, 0) is 16.0 Å². The molecule has 0 aliphatic heterocycles. The van der Waals surface area contributed by atoms with Crippen LogP contribution in [0.5, 0.6) is 5.75 Å². The van der Waals surface area contributed by atoms with Crippen molar-refractivity contribution < 1.29 is 27.8 Å². The molecule has 2 aromatic rings. The molecule has 1 aliphatic carbocycles. The van der Waals surface area contributed by atoms with Crippen LogP contribution in [0, 0.1) is 0 Å². The summed E-state index contributed by atoms with van der Waals surface area (Å²) in [6.07, 6.45) is 1.80. The van der Waals surface area contributed by atoms with Crippen molar-refractivity contribution in [2.24, 2.45) is 0 Å². The second-order valence-electron chi connectivity index (χ2n) is 6.60. The van der Waals surface area contributed by atoms with Gasteiger partial charge in [0.15, 0.2) is 6.10 Å². The van der Waals surface area contributed by atoms with E-state index < -0.39 is 18.7 Å². The zero-order valence-corrected chi connectivity index (χ0v) is 15.4. The van der Waals surface area contributed by atoms with Gasteiger partial charge in [-0.1, -0.05) is 24.3 Å². The Hall–Kier alpha value is -2.96. The van der Waals surface area contributed by atoms with Gasteiger partial charge >= 0.3 is 12.6 Å². The minimum absolute atomic E-state index is 0.0618. The van der Waals surface area contributed by atoms with Gasteiger partial charge in [0.05, 0.1) is 11.6 Å². The predicted octanol–water partition coefficient (Wildman–Crippen LogP) is 4.03. The van der Waals surface area contributed by atoms with E-state index in [2.05, 4.69) is 16.1 Å². The number of alkyl halides is 2. The van der Waals surface area contributed by atoms with Crippen molar-refractivity contribution in [2.45, 2.75) is 44.9 Å². The summed E-state index contributed by atoms with van der Waals surface area (Å²) < 4.78 is 33.8. The molecule has 1 amide bonds. The summed E-state index contributed by atoms with van der Waals surface area (Å²) in [5.41, 5.74) is 2.45. The fraction of sp³-hybridized carbons (Fsp3) is 0.333. The lowest BCUT2D eigenvalue weighted by molar-refractivity contribution is -0.130. The zero-order valence-electron chi connectivity index (χ0n) is 15.4. The van der Waals surface area contributed by atoms with Crippen LogP contribution in [0.2, 0.25) is 0 Å². The van der Waals surface area contributed by atoms with Crippen LogP contribution >= 0.6 is 0 Å². The van der Waals surface area contributed by atoms with Crippen molar-refractivity contribution in [2.75, 3.05) is 0 Å². The highest BCUT2D eigenvalue weighted by atomic mass is 19.3. The normalized spacial score (nSPS) is 16.8. The van der Waals surface area contributed by atoms with E-state index in [1.54, 1.807) is 0 Å².